The molecule has 7 heteroatoms. The van der Waals surface area contributed by atoms with Crippen molar-refractivity contribution in [3.05, 3.63) is 58.4 Å². The molecule has 120 valence electrons. The van der Waals surface area contributed by atoms with Crippen LogP contribution in [0.5, 0.6) is 0 Å². The zero-order chi connectivity index (χ0) is 17.1. The predicted molar refractivity (Wildman–Crippen MR) is 76.3 cm³/mol. The summed E-state index contributed by atoms with van der Waals surface area (Å²) in [6.45, 7) is 3.28. The van der Waals surface area contributed by atoms with Crippen LogP contribution in [0.15, 0.2) is 41.2 Å². The number of hydrogen-bond donors (Lipinski definition) is 1. The minimum atomic E-state index is -1.36. The number of carbonyl (C=O) groups excluding carboxylic acids is 1. The van der Waals surface area contributed by atoms with Crippen molar-refractivity contribution in [3.8, 4) is 6.07 Å². The van der Waals surface area contributed by atoms with Crippen LogP contribution in [0.3, 0.4) is 0 Å². The lowest BCUT2D eigenvalue weighted by Gasteiger charge is -2.16. The van der Waals surface area contributed by atoms with Gasteiger partial charge in [0.25, 0.3) is 0 Å². The number of Topliss-reactive ketones (excluding diaryl/α,β-unsaturated/α-hetero) is 1. The van der Waals surface area contributed by atoms with E-state index < -0.39 is 23.3 Å². The first-order valence-corrected chi connectivity index (χ1v) is 6.81. The van der Waals surface area contributed by atoms with Crippen LogP contribution in [0, 0.1) is 23.0 Å². The van der Waals surface area contributed by atoms with E-state index >= 15 is 0 Å². The lowest BCUT2D eigenvalue weighted by atomic mass is 9.87. The average Bonchev–Trinajstić information content (AvgIpc) is 2.57. The number of halogens is 2. The van der Waals surface area contributed by atoms with Gasteiger partial charge in [-0.2, -0.15) is 5.26 Å². The van der Waals surface area contributed by atoms with E-state index in [9.17, 15) is 18.8 Å². The van der Waals surface area contributed by atoms with Crippen LogP contribution in [0.1, 0.15) is 25.3 Å². The van der Waals surface area contributed by atoms with Crippen molar-refractivity contribution in [2.24, 2.45) is 5.73 Å². The lowest BCUT2D eigenvalue weighted by molar-refractivity contribution is -0.119. The Kier molecular flexibility index (Phi) is 4.65. The van der Waals surface area contributed by atoms with E-state index in [0.717, 1.165) is 12.1 Å². The van der Waals surface area contributed by atoms with Crippen molar-refractivity contribution in [2.45, 2.75) is 19.8 Å². The Labute approximate surface area is 131 Å². The van der Waals surface area contributed by atoms with Crippen LogP contribution < -0.4 is 5.73 Å². The number of rotatable bonds is 3. The van der Waals surface area contributed by atoms with E-state index in [1.165, 1.54) is 6.92 Å². The first-order valence-electron chi connectivity index (χ1n) is 6.81. The van der Waals surface area contributed by atoms with Gasteiger partial charge in [0.2, 0.25) is 17.4 Å². The van der Waals surface area contributed by atoms with E-state index in [2.05, 4.69) is 0 Å². The summed E-state index contributed by atoms with van der Waals surface area (Å²) >= 11 is 0. The molecule has 1 aliphatic rings. The van der Waals surface area contributed by atoms with E-state index in [0.29, 0.717) is 6.07 Å². The highest BCUT2D eigenvalue weighted by Crippen LogP contribution is 2.35. The van der Waals surface area contributed by atoms with Crippen molar-refractivity contribution >= 4 is 5.78 Å². The van der Waals surface area contributed by atoms with Crippen LogP contribution in [0.4, 0.5) is 8.78 Å². The van der Waals surface area contributed by atoms with Gasteiger partial charge in [0.15, 0.2) is 0 Å². The number of carbonyl (C=O) groups is 1. The first kappa shape index (κ1) is 16.5. The molecule has 0 amide bonds. The molecule has 1 unspecified atom stereocenters. The molecule has 0 bridgehead atoms. The molecule has 1 heterocycles. The summed E-state index contributed by atoms with van der Waals surface area (Å²) in [4.78, 5) is 12.7. The van der Waals surface area contributed by atoms with Crippen molar-refractivity contribution in [1.82, 2.24) is 0 Å². The van der Waals surface area contributed by atoms with E-state index in [4.69, 9.17) is 15.2 Å². The van der Waals surface area contributed by atoms with Gasteiger partial charge >= 0.3 is 0 Å². The van der Waals surface area contributed by atoms with E-state index in [-0.39, 0.29) is 35.1 Å². The fraction of sp³-hybridized carbons (Fsp3) is 0.250. The molecule has 1 aliphatic heterocycles. The van der Waals surface area contributed by atoms with Crippen molar-refractivity contribution in [1.29, 1.82) is 5.26 Å². The van der Waals surface area contributed by atoms with Gasteiger partial charge in [0.05, 0.1) is 12.5 Å². The molecule has 0 radical (unpaired) electrons. The van der Waals surface area contributed by atoms with Gasteiger partial charge in [0.1, 0.15) is 29.0 Å². The fourth-order valence-electron chi connectivity index (χ4n) is 2.31. The SMILES string of the molecule is CCOC1=C(C)OC(N)=C(C#N)C(c2ccc(F)cc2F)C1=O. The van der Waals surface area contributed by atoms with Gasteiger partial charge in [-0.05, 0) is 19.9 Å². The highest BCUT2D eigenvalue weighted by atomic mass is 19.1. The second kappa shape index (κ2) is 6.48. The summed E-state index contributed by atoms with van der Waals surface area (Å²) in [7, 11) is 0. The summed E-state index contributed by atoms with van der Waals surface area (Å²) < 4.78 is 37.7. The highest BCUT2D eigenvalue weighted by molar-refractivity contribution is 6.02. The molecule has 5 nitrogen and oxygen atoms in total. The minimum Gasteiger partial charge on any atom is -0.487 e. The fourth-order valence-corrected chi connectivity index (χ4v) is 2.31. The second-order valence-electron chi connectivity index (χ2n) is 4.77. The molecule has 23 heavy (non-hydrogen) atoms. The molecule has 0 spiro atoms. The van der Waals surface area contributed by atoms with Crippen LogP contribution >= 0.6 is 0 Å². The average molecular weight is 320 g/mol. The topological polar surface area (TPSA) is 85.3 Å². The third-order valence-corrected chi connectivity index (χ3v) is 3.31. The molecule has 2 rings (SSSR count). The first-order chi connectivity index (χ1) is 10.9. The van der Waals surface area contributed by atoms with Crippen molar-refractivity contribution in [2.75, 3.05) is 6.61 Å². The Morgan fingerprint density at radius 3 is 2.70 bits per heavy atom. The van der Waals surface area contributed by atoms with Crippen molar-refractivity contribution in [3.63, 3.8) is 0 Å². The number of nitrogens with two attached hydrogens (primary N) is 1. The van der Waals surface area contributed by atoms with E-state index in [1.807, 2.05) is 0 Å². The number of allylic oxidation sites excluding steroid dienone is 3. The molecule has 0 aliphatic carbocycles. The molecule has 0 aromatic heterocycles. The molecular formula is C16H14F2N2O3. The Morgan fingerprint density at radius 2 is 2.13 bits per heavy atom. The number of benzene rings is 1. The Morgan fingerprint density at radius 1 is 1.43 bits per heavy atom. The number of ketones is 1. The molecule has 1 aromatic rings. The Balaban J connectivity index is 2.67. The molecule has 0 fully saturated rings. The molecule has 0 saturated heterocycles. The minimum absolute atomic E-state index is 0.0760. The highest BCUT2D eigenvalue weighted by Gasteiger charge is 2.37. The summed E-state index contributed by atoms with van der Waals surface area (Å²) in [5.74, 6) is -4.18. The number of ether oxygens (including phenoxy) is 2. The Bertz CT molecular complexity index is 763. The van der Waals surface area contributed by atoms with Crippen LogP contribution in [-0.2, 0) is 14.3 Å². The standard InChI is InChI=1S/C16H14F2N2O3/c1-3-22-15-8(2)23-16(20)11(7-19)13(14(15)21)10-5-4-9(17)6-12(10)18/h4-6,13H,3,20H2,1-2H3. The van der Waals surface area contributed by atoms with Gasteiger partial charge in [-0.25, -0.2) is 8.78 Å². The van der Waals surface area contributed by atoms with Gasteiger partial charge < -0.3 is 15.2 Å². The van der Waals surface area contributed by atoms with Crippen LogP contribution in [0.2, 0.25) is 0 Å². The largest absolute Gasteiger partial charge is 0.487 e. The van der Waals surface area contributed by atoms with Gasteiger partial charge in [-0.1, -0.05) is 6.07 Å². The van der Waals surface area contributed by atoms with Gasteiger partial charge in [-0.3, -0.25) is 4.79 Å². The molecule has 0 saturated carbocycles. The quantitative estimate of drug-likeness (QED) is 0.925. The van der Waals surface area contributed by atoms with Gasteiger partial charge in [0, 0.05) is 11.6 Å². The maximum absolute atomic E-state index is 14.1. The van der Waals surface area contributed by atoms with Crippen LogP contribution in [0.25, 0.3) is 0 Å². The summed E-state index contributed by atoms with van der Waals surface area (Å²) in [5, 5.41) is 9.31. The normalized spacial score (nSPS) is 18.4. The predicted octanol–water partition coefficient (Wildman–Crippen LogP) is 2.61. The van der Waals surface area contributed by atoms with Crippen LogP contribution in [-0.4, -0.2) is 12.4 Å². The molecule has 1 atom stereocenters. The maximum atomic E-state index is 14.1. The summed E-state index contributed by atoms with van der Waals surface area (Å²) in [5.41, 5.74) is 5.28. The molecular weight excluding hydrogens is 306 g/mol. The monoisotopic (exact) mass is 320 g/mol. The summed E-state index contributed by atoms with van der Waals surface area (Å²) in [6, 6.07) is 4.50. The number of nitrogens with zero attached hydrogens (tertiary/aromatic N) is 1. The zero-order valence-corrected chi connectivity index (χ0v) is 12.5. The molecule has 1 aromatic carbocycles. The van der Waals surface area contributed by atoms with E-state index in [1.54, 1.807) is 13.0 Å². The third-order valence-electron chi connectivity index (χ3n) is 3.31. The molecule has 2 N–H and O–H groups in total. The Hall–Kier alpha value is -2.88. The maximum Gasteiger partial charge on any atom is 0.213 e. The zero-order valence-electron chi connectivity index (χ0n) is 12.5. The number of hydrogen-bond acceptors (Lipinski definition) is 5. The second-order valence-corrected chi connectivity index (χ2v) is 4.77. The number of nitriles is 1. The van der Waals surface area contributed by atoms with Gasteiger partial charge in [-0.15, -0.1) is 0 Å². The smallest absolute Gasteiger partial charge is 0.213 e. The third kappa shape index (κ3) is 3.01. The summed E-state index contributed by atoms with van der Waals surface area (Å²) in [6.07, 6.45) is 0. The lowest BCUT2D eigenvalue weighted by Crippen LogP contribution is -2.20. The van der Waals surface area contributed by atoms with Crippen molar-refractivity contribution < 1.29 is 23.0 Å².